The van der Waals surface area contributed by atoms with Gasteiger partial charge in [-0.2, -0.15) is 0 Å². The molecule has 0 aromatic heterocycles. The van der Waals surface area contributed by atoms with Crippen LogP contribution in [-0.2, 0) is 4.79 Å². The number of para-hydroxylation sites is 2. The zero-order valence-corrected chi connectivity index (χ0v) is 16.6. The summed E-state index contributed by atoms with van der Waals surface area (Å²) in [5.74, 6) is 1.45. The summed E-state index contributed by atoms with van der Waals surface area (Å²) < 4.78 is 17.6. The molecule has 0 N–H and O–H groups in total. The molecule has 134 valence electrons. The second kappa shape index (κ2) is 8.90. The van der Waals surface area contributed by atoms with Gasteiger partial charge in [0, 0.05) is 4.47 Å². The summed E-state index contributed by atoms with van der Waals surface area (Å²) in [5, 5.41) is 0. The van der Waals surface area contributed by atoms with Gasteiger partial charge in [0.05, 0.1) is 6.61 Å². The minimum Gasteiger partial charge on any atom is -0.490 e. The lowest BCUT2D eigenvalue weighted by Crippen LogP contribution is -2.18. The monoisotopic (exact) mass is 406 g/mol. The molecular weight excluding hydrogens is 384 g/mol. The normalized spacial score (nSPS) is 10.6. The summed E-state index contributed by atoms with van der Waals surface area (Å²) in [6.07, 6.45) is 0. The molecule has 0 saturated heterocycles. The predicted octanol–water partition coefficient (Wildman–Crippen LogP) is 5.26. The molecule has 0 aliphatic rings. The van der Waals surface area contributed by atoms with E-state index in [9.17, 15) is 4.79 Å². The number of ether oxygens (including phenoxy) is 3. The first-order chi connectivity index (χ1) is 11.9. The van der Waals surface area contributed by atoms with Crippen molar-refractivity contribution in [3.8, 4) is 17.2 Å². The van der Waals surface area contributed by atoms with E-state index < -0.39 is 5.97 Å². The third-order valence-electron chi connectivity index (χ3n) is 3.63. The van der Waals surface area contributed by atoms with Crippen molar-refractivity contribution in [1.29, 1.82) is 0 Å². The van der Waals surface area contributed by atoms with Gasteiger partial charge in [0.1, 0.15) is 5.75 Å². The Labute approximate surface area is 157 Å². The molecule has 25 heavy (non-hydrogen) atoms. The van der Waals surface area contributed by atoms with Gasteiger partial charge in [0.25, 0.3) is 0 Å². The highest BCUT2D eigenvalue weighted by Gasteiger charge is 2.14. The van der Waals surface area contributed by atoms with Crippen LogP contribution in [0.15, 0.2) is 40.9 Å². The SMILES string of the molecule is CCOc1ccccc1OC(=O)COc1cc(C)c(Br)cc1C(C)C. The molecule has 0 saturated carbocycles. The van der Waals surface area contributed by atoms with Crippen molar-refractivity contribution in [2.75, 3.05) is 13.2 Å². The Bertz CT molecular complexity index is 740. The quantitative estimate of drug-likeness (QED) is 0.464. The van der Waals surface area contributed by atoms with E-state index in [4.69, 9.17) is 14.2 Å². The first-order valence-corrected chi connectivity index (χ1v) is 9.07. The standard InChI is InChI=1S/C20H23BrO4/c1-5-23-17-8-6-7-9-18(17)25-20(22)12-24-19-10-14(4)16(21)11-15(19)13(2)3/h6-11,13H,5,12H2,1-4H3. The topological polar surface area (TPSA) is 44.8 Å². The molecule has 2 aromatic rings. The average molecular weight is 407 g/mol. The summed E-state index contributed by atoms with van der Waals surface area (Å²) in [4.78, 5) is 12.2. The Hall–Kier alpha value is -2.01. The molecule has 0 fully saturated rings. The second-order valence-electron chi connectivity index (χ2n) is 5.94. The van der Waals surface area contributed by atoms with Gasteiger partial charge >= 0.3 is 5.97 Å². The fourth-order valence-electron chi connectivity index (χ4n) is 2.34. The maximum Gasteiger partial charge on any atom is 0.349 e. The number of hydrogen-bond acceptors (Lipinski definition) is 4. The molecule has 0 aliphatic carbocycles. The van der Waals surface area contributed by atoms with Gasteiger partial charge in [-0.05, 0) is 55.2 Å². The van der Waals surface area contributed by atoms with E-state index in [1.807, 2.05) is 32.0 Å². The number of carbonyl (C=O) groups is 1. The van der Waals surface area contributed by atoms with Crippen LogP contribution in [0, 0.1) is 6.92 Å². The molecule has 0 amide bonds. The Morgan fingerprint density at radius 1 is 1.08 bits per heavy atom. The molecule has 0 atom stereocenters. The molecular formula is C20H23BrO4. The van der Waals surface area contributed by atoms with Gasteiger partial charge in [-0.1, -0.05) is 41.9 Å². The van der Waals surface area contributed by atoms with E-state index in [1.165, 1.54) is 0 Å². The molecule has 5 heteroatoms. The molecule has 0 aliphatic heterocycles. The fourth-order valence-corrected chi connectivity index (χ4v) is 2.71. The zero-order chi connectivity index (χ0) is 18.4. The van der Waals surface area contributed by atoms with Crippen LogP contribution in [0.25, 0.3) is 0 Å². The van der Waals surface area contributed by atoms with Crippen LogP contribution in [0.3, 0.4) is 0 Å². The maximum absolute atomic E-state index is 12.2. The van der Waals surface area contributed by atoms with Gasteiger partial charge in [-0.3, -0.25) is 0 Å². The molecule has 2 rings (SSSR count). The summed E-state index contributed by atoms with van der Waals surface area (Å²) >= 11 is 3.53. The highest BCUT2D eigenvalue weighted by molar-refractivity contribution is 9.10. The Balaban J connectivity index is 2.07. The van der Waals surface area contributed by atoms with Crippen molar-refractivity contribution in [3.05, 3.63) is 52.0 Å². The van der Waals surface area contributed by atoms with Crippen molar-refractivity contribution >= 4 is 21.9 Å². The third-order valence-corrected chi connectivity index (χ3v) is 4.49. The molecule has 0 spiro atoms. The van der Waals surface area contributed by atoms with Crippen LogP contribution in [0.4, 0.5) is 0 Å². The third kappa shape index (κ3) is 5.23. The van der Waals surface area contributed by atoms with E-state index in [0.717, 1.165) is 15.6 Å². The minimum atomic E-state index is -0.470. The predicted molar refractivity (Wildman–Crippen MR) is 102 cm³/mol. The first-order valence-electron chi connectivity index (χ1n) is 8.27. The number of halogens is 1. The Morgan fingerprint density at radius 2 is 1.76 bits per heavy atom. The van der Waals surface area contributed by atoms with Crippen molar-refractivity contribution in [1.82, 2.24) is 0 Å². The van der Waals surface area contributed by atoms with E-state index in [0.29, 0.717) is 23.9 Å². The Kier molecular flexibility index (Phi) is 6.88. The zero-order valence-electron chi connectivity index (χ0n) is 15.0. The van der Waals surface area contributed by atoms with Gasteiger partial charge in [0.15, 0.2) is 18.1 Å². The number of esters is 1. The van der Waals surface area contributed by atoms with Crippen LogP contribution in [0.1, 0.15) is 37.8 Å². The number of rotatable bonds is 7. The molecule has 4 nitrogen and oxygen atoms in total. The van der Waals surface area contributed by atoms with Crippen molar-refractivity contribution in [3.63, 3.8) is 0 Å². The van der Waals surface area contributed by atoms with E-state index >= 15 is 0 Å². The van der Waals surface area contributed by atoms with Crippen LogP contribution in [-0.4, -0.2) is 19.2 Å². The summed E-state index contributed by atoms with van der Waals surface area (Å²) in [7, 11) is 0. The number of aryl methyl sites for hydroxylation is 1. The minimum absolute atomic E-state index is 0.165. The Morgan fingerprint density at radius 3 is 2.40 bits per heavy atom. The van der Waals surface area contributed by atoms with Crippen molar-refractivity contribution in [2.45, 2.75) is 33.6 Å². The van der Waals surface area contributed by atoms with Crippen LogP contribution in [0.2, 0.25) is 0 Å². The van der Waals surface area contributed by atoms with Gasteiger partial charge in [-0.15, -0.1) is 0 Å². The van der Waals surface area contributed by atoms with Crippen molar-refractivity contribution < 1.29 is 19.0 Å². The molecule has 0 unspecified atom stereocenters. The van der Waals surface area contributed by atoms with Crippen LogP contribution >= 0.6 is 15.9 Å². The van der Waals surface area contributed by atoms with Gasteiger partial charge in [0.2, 0.25) is 0 Å². The second-order valence-corrected chi connectivity index (χ2v) is 6.79. The molecule has 0 bridgehead atoms. The summed E-state index contributed by atoms with van der Waals surface area (Å²) in [5.41, 5.74) is 2.09. The highest BCUT2D eigenvalue weighted by Crippen LogP contribution is 2.32. The fraction of sp³-hybridized carbons (Fsp3) is 0.350. The molecule has 0 radical (unpaired) electrons. The maximum atomic E-state index is 12.2. The van der Waals surface area contributed by atoms with Gasteiger partial charge in [-0.25, -0.2) is 4.79 Å². The average Bonchev–Trinajstić information content (AvgIpc) is 2.57. The number of hydrogen-bond donors (Lipinski definition) is 0. The van der Waals surface area contributed by atoms with E-state index in [-0.39, 0.29) is 12.5 Å². The summed E-state index contributed by atoms with van der Waals surface area (Å²) in [6.45, 7) is 8.37. The van der Waals surface area contributed by atoms with Crippen molar-refractivity contribution in [2.24, 2.45) is 0 Å². The smallest absolute Gasteiger partial charge is 0.349 e. The molecule has 0 heterocycles. The van der Waals surface area contributed by atoms with Crippen LogP contribution < -0.4 is 14.2 Å². The number of benzene rings is 2. The lowest BCUT2D eigenvalue weighted by atomic mass is 10.0. The summed E-state index contributed by atoms with van der Waals surface area (Å²) in [6, 6.07) is 11.1. The van der Waals surface area contributed by atoms with E-state index in [1.54, 1.807) is 18.2 Å². The molecule has 2 aromatic carbocycles. The largest absolute Gasteiger partial charge is 0.490 e. The lowest BCUT2D eigenvalue weighted by molar-refractivity contribution is -0.136. The van der Waals surface area contributed by atoms with Crippen LogP contribution in [0.5, 0.6) is 17.2 Å². The number of carbonyl (C=O) groups excluding carboxylic acids is 1. The lowest BCUT2D eigenvalue weighted by Gasteiger charge is -2.16. The first kappa shape index (κ1) is 19.3. The van der Waals surface area contributed by atoms with E-state index in [2.05, 4.69) is 29.8 Å². The van der Waals surface area contributed by atoms with Gasteiger partial charge < -0.3 is 14.2 Å². The highest BCUT2D eigenvalue weighted by atomic mass is 79.9.